The van der Waals surface area contributed by atoms with Gasteiger partial charge in [-0.2, -0.15) is 10.2 Å². The minimum absolute atomic E-state index is 0.168. The third-order valence-corrected chi connectivity index (χ3v) is 5.00. The number of aromatic nitrogens is 4. The molecular weight excluding hydrogens is 372 g/mol. The summed E-state index contributed by atoms with van der Waals surface area (Å²) < 4.78 is 8.44. The predicted molar refractivity (Wildman–Crippen MR) is 99.9 cm³/mol. The van der Waals surface area contributed by atoms with Crippen molar-refractivity contribution in [3.05, 3.63) is 28.8 Å². The molecule has 0 saturated carbocycles. The number of aryl methyl sites for hydroxylation is 1. The van der Waals surface area contributed by atoms with Crippen molar-refractivity contribution >= 4 is 29.1 Å². The second-order valence-corrected chi connectivity index (χ2v) is 6.72. The lowest BCUT2D eigenvalue weighted by Gasteiger charge is -2.27. The number of morpholine rings is 1. The Morgan fingerprint density at radius 2 is 2.00 bits per heavy atom. The summed E-state index contributed by atoms with van der Waals surface area (Å²) in [5.41, 5.74) is 1.46. The predicted octanol–water partition coefficient (Wildman–Crippen LogP) is 1.73. The largest absolute Gasteiger partial charge is 0.378 e. The number of rotatable bonds is 5. The molecule has 1 fully saturated rings. The molecule has 1 saturated heterocycles. The van der Waals surface area contributed by atoms with Crippen LogP contribution in [0.3, 0.4) is 0 Å². The van der Waals surface area contributed by atoms with Gasteiger partial charge in [-0.1, -0.05) is 11.6 Å². The van der Waals surface area contributed by atoms with Crippen LogP contribution >= 0.6 is 11.6 Å². The van der Waals surface area contributed by atoms with Crippen molar-refractivity contribution in [2.75, 3.05) is 31.6 Å². The van der Waals surface area contributed by atoms with Crippen LogP contribution in [0, 0.1) is 6.92 Å². The van der Waals surface area contributed by atoms with E-state index < -0.39 is 6.04 Å². The highest BCUT2D eigenvalue weighted by atomic mass is 35.5. The summed E-state index contributed by atoms with van der Waals surface area (Å²) in [4.78, 5) is 27.4. The molecule has 0 bridgehead atoms. The zero-order chi connectivity index (χ0) is 19.6. The van der Waals surface area contributed by atoms with Crippen LogP contribution in [0.5, 0.6) is 0 Å². The molecule has 146 valence electrons. The van der Waals surface area contributed by atoms with Crippen molar-refractivity contribution in [3.8, 4) is 0 Å². The minimum atomic E-state index is -0.589. The monoisotopic (exact) mass is 394 g/mol. The van der Waals surface area contributed by atoms with Gasteiger partial charge in [0, 0.05) is 19.6 Å². The van der Waals surface area contributed by atoms with Crippen molar-refractivity contribution in [2.45, 2.75) is 33.4 Å². The highest BCUT2D eigenvalue weighted by Crippen LogP contribution is 2.22. The number of nitrogens with one attached hydrogen (secondary N) is 1. The summed E-state index contributed by atoms with van der Waals surface area (Å²) >= 11 is 6.02. The zero-order valence-corrected chi connectivity index (χ0v) is 16.4. The van der Waals surface area contributed by atoms with E-state index in [1.54, 1.807) is 28.1 Å². The van der Waals surface area contributed by atoms with Gasteiger partial charge in [-0.05, 0) is 20.8 Å². The molecule has 9 nitrogen and oxygen atoms in total. The summed E-state index contributed by atoms with van der Waals surface area (Å²) in [6.45, 7) is 7.97. The first-order valence-corrected chi connectivity index (χ1v) is 9.25. The maximum Gasteiger partial charge on any atom is 0.274 e. The number of hydrogen-bond acceptors (Lipinski definition) is 5. The van der Waals surface area contributed by atoms with Gasteiger partial charge < -0.3 is 15.0 Å². The normalized spacial score (nSPS) is 15.6. The maximum atomic E-state index is 13.0. The molecule has 0 aliphatic carbocycles. The van der Waals surface area contributed by atoms with Gasteiger partial charge >= 0.3 is 0 Å². The Kier molecular flexibility index (Phi) is 5.81. The van der Waals surface area contributed by atoms with Gasteiger partial charge in [0.25, 0.3) is 5.91 Å². The number of ether oxygens (including phenoxy) is 1. The number of halogens is 1. The summed E-state index contributed by atoms with van der Waals surface area (Å²) in [6.07, 6.45) is 3.01. The topological polar surface area (TPSA) is 94.3 Å². The first-order chi connectivity index (χ1) is 12.9. The van der Waals surface area contributed by atoms with Crippen molar-refractivity contribution in [1.82, 2.24) is 24.5 Å². The van der Waals surface area contributed by atoms with E-state index in [2.05, 4.69) is 15.5 Å². The van der Waals surface area contributed by atoms with Gasteiger partial charge in [-0.3, -0.25) is 19.0 Å². The Morgan fingerprint density at radius 3 is 2.59 bits per heavy atom. The van der Waals surface area contributed by atoms with E-state index in [9.17, 15) is 9.59 Å². The second-order valence-electron chi connectivity index (χ2n) is 6.31. The molecule has 1 unspecified atom stereocenters. The molecule has 2 amide bonds. The Labute approximate surface area is 162 Å². The molecule has 0 aromatic carbocycles. The van der Waals surface area contributed by atoms with Crippen LogP contribution in [0.4, 0.5) is 5.69 Å². The third-order valence-electron chi connectivity index (χ3n) is 4.63. The van der Waals surface area contributed by atoms with Crippen molar-refractivity contribution < 1.29 is 14.3 Å². The fourth-order valence-electron chi connectivity index (χ4n) is 3.00. The van der Waals surface area contributed by atoms with E-state index in [1.165, 1.54) is 12.4 Å². The molecule has 1 atom stereocenters. The summed E-state index contributed by atoms with van der Waals surface area (Å²) in [5, 5.41) is 11.7. The maximum absolute atomic E-state index is 13.0. The number of hydrogen-bond donors (Lipinski definition) is 1. The van der Waals surface area contributed by atoms with E-state index in [1.807, 2.05) is 6.92 Å². The Hall–Kier alpha value is -2.39. The lowest BCUT2D eigenvalue weighted by atomic mass is 10.2. The summed E-state index contributed by atoms with van der Waals surface area (Å²) in [6, 6.07) is -0.589. The first-order valence-electron chi connectivity index (χ1n) is 8.87. The van der Waals surface area contributed by atoms with Crippen LogP contribution < -0.4 is 5.32 Å². The standard InChI is InChI=1S/C17H23ClN6O3/c1-4-23-15(17(26)22-5-7-27-8-6-22)14(10-19-23)21-16(25)12(3)24-11(2)13(18)9-20-24/h9-10,12H,4-8H2,1-3H3,(H,21,25). The molecule has 2 aromatic heterocycles. The second kappa shape index (κ2) is 8.10. The van der Waals surface area contributed by atoms with E-state index in [0.29, 0.717) is 54.9 Å². The molecule has 0 radical (unpaired) electrons. The fourth-order valence-corrected chi connectivity index (χ4v) is 3.13. The molecule has 3 heterocycles. The molecule has 27 heavy (non-hydrogen) atoms. The van der Waals surface area contributed by atoms with Gasteiger partial charge in [0.1, 0.15) is 11.7 Å². The van der Waals surface area contributed by atoms with Gasteiger partial charge in [-0.15, -0.1) is 0 Å². The number of carbonyl (C=O) groups excluding carboxylic acids is 2. The van der Waals surface area contributed by atoms with Crippen LogP contribution in [0.15, 0.2) is 12.4 Å². The summed E-state index contributed by atoms with van der Waals surface area (Å²) in [5.74, 6) is -0.469. The van der Waals surface area contributed by atoms with E-state index in [-0.39, 0.29) is 11.8 Å². The highest BCUT2D eigenvalue weighted by molar-refractivity contribution is 6.31. The molecule has 2 aromatic rings. The molecule has 3 rings (SSSR count). The average molecular weight is 395 g/mol. The van der Waals surface area contributed by atoms with Crippen molar-refractivity contribution in [2.24, 2.45) is 0 Å². The quantitative estimate of drug-likeness (QED) is 0.833. The number of carbonyl (C=O) groups is 2. The third kappa shape index (κ3) is 3.84. The zero-order valence-electron chi connectivity index (χ0n) is 15.6. The first kappa shape index (κ1) is 19.4. The Bertz CT molecular complexity index is 840. The lowest BCUT2D eigenvalue weighted by Crippen LogP contribution is -2.42. The van der Waals surface area contributed by atoms with Gasteiger partial charge in [0.2, 0.25) is 5.91 Å². The Balaban J connectivity index is 1.82. The van der Waals surface area contributed by atoms with Gasteiger partial charge in [-0.25, -0.2) is 0 Å². The number of anilines is 1. The summed E-state index contributed by atoms with van der Waals surface area (Å²) in [7, 11) is 0. The molecule has 0 spiro atoms. The van der Waals surface area contributed by atoms with Gasteiger partial charge in [0.15, 0.2) is 0 Å². The fraction of sp³-hybridized carbons (Fsp3) is 0.529. The Morgan fingerprint density at radius 1 is 1.30 bits per heavy atom. The van der Waals surface area contributed by atoms with Crippen LogP contribution in [0.1, 0.15) is 36.1 Å². The van der Waals surface area contributed by atoms with Crippen molar-refractivity contribution in [3.63, 3.8) is 0 Å². The van der Waals surface area contributed by atoms with E-state index in [4.69, 9.17) is 16.3 Å². The van der Waals surface area contributed by atoms with Crippen LogP contribution in [-0.2, 0) is 16.1 Å². The molecule has 10 heteroatoms. The molecule has 1 aliphatic rings. The molecular formula is C17H23ClN6O3. The number of nitrogens with zero attached hydrogens (tertiary/aromatic N) is 5. The van der Waals surface area contributed by atoms with E-state index in [0.717, 1.165) is 0 Å². The lowest BCUT2D eigenvalue weighted by molar-refractivity contribution is -0.119. The molecule has 1 N–H and O–H groups in total. The van der Waals surface area contributed by atoms with Crippen LogP contribution in [0.2, 0.25) is 5.02 Å². The number of amides is 2. The van der Waals surface area contributed by atoms with E-state index >= 15 is 0 Å². The van der Waals surface area contributed by atoms with Crippen molar-refractivity contribution in [1.29, 1.82) is 0 Å². The van der Waals surface area contributed by atoms with Gasteiger partial charge in [0.05, 0.1) is 42.0 Å². The van der Waals surface area contributed by atoms with Crippen LogP contribution in [0.25, 0.3) is 0 Å². The minimum Gasteiger partial charge on any atom is -0.378 e. The SMILES string of the molecule is CCn1ncc(NC(=O)C(C)n2ncc(Cl)c2C)c1C(=O)N1CCOCC1. The highest BCUT2D eigenvalue weighted by Gasteiger charge is 2.27. The smallest absolute Gasteiger partial charge is 0.274 e. The average Bonchev–Trinajstić information content (AvgIpc) is 3.24. The molecule has 1 aliphatic heterocycles. The van der Waals surface area contributed by atoms with Crippen LogP contribution in [-0.4, -0.2) is 62.6 Å².